The Morgan fingerprint density at radius 2 is 1.93 bits per heavy atom. The van der Waals surface area contributed by atoms with Gasteiger partial charge in [0.15, 0.2) is 0 Å². The van der Waals surface area contributed by atoms with Gasteiger partial charge in [-0.25, -0.2) is 0 Å². The van der Waals surface area contributed by atoms with E-state index >= 15 is 0 Å². The van der Waals surface area contributed by atoms with E-state index in [1.807, 2.05) is 0 Å². The lowest BCUT2D eigenvalue weighted by molar-refractivity contribution is 0.0113. The largest absolute Gasteiger partial charge is 0.393 e. The first-order chi connectivity index (χ1) is 6.77. The molecule has 0 spiro atoms. The molecule has 0 aliphatic carbocycles. The molecule has 3 nitrogen and oxygen atoms in total. The van der Waals surface area contributed by atoms with E-state index in [-0.39, 0.29) is 6.10 Å². The molecule has 2 atom stereocenters. The molecule has 2 fully saturated rings. The summed E-state index contributed by atoms with van der Waals surface area (Å²) in [5.74, 6) is 0.457. The SMILES string of the molecule is C[C@H]1CN(C2CCNCC2)CC[C@@H]1O. The zero-order chi connectivity index (χ0) is 9.97. The van der Waals surface area contributed by atoms with Crippen molar-refractivity contribution in [1.29, 1.82) is 0 Å². The molecule has 82 valence electrons. The van der Waals surface area contributed by atoms with Crippen LogP contribution in [0.1, 0.15) is 26.2 Å². The zero-order valence-electron chi connectivity index (χ0n) is 9.08. The number of aliphatic hydroxyl groups is 1. The zero-order valence-corrected chi connectivity index (χ0v) is 9.08. The van der Waals surface area contributed by atoms with Crippen LogP contribution in [-0.2, 0) is 0 Å². The molecule has 0 saturated carbocycles. The second-order valence-corrected chi connectivity index (χ2v) is 4.81. The van der Waals surface area contributed by atoms with Gasteiger partial charge in [-0.3, -0.25) is 4.90 Å². The van der Waals surface area contributed by atoms with Crippen molar-refractivity contribution in [2.45, 2.75) is 38.3 Å². The Kier molecular flexibility index (Phi) is 3.42. The third-order valence-electron chi connectivity index (χ3n) is 3.72. The average molecular weight is 198 g/mol. The highest BCUT2D eigenvalue weighted by Gasteiger charge is 2.29. The van der Waals surface area contributed by atoms with Gasteiger partial charge in [0.1, 0.15) is 0 Å². The van der Waals surface area contributed by atoms with Crippen molar-refractivity contribution in [2.75, 3.05) is 26.2 Å². The maximum absolute atomic E-state index is 9.65. The fourth-order valence-electron chi connectivity index (χ4n) is 2.67. The molecule has 14 heavy (non-hydrogen) atoms. The first-order valence-electron chi connectivity index (χ1n) is 5.90. The fraction of sp³-hybridized carbons (Fsp3) is 1.00. The van der Waals surface area contributed by atoms with Gasteiger partial charge in [-0.15, -0.1) is 0 Å². The molecule has 0 aromatic carbocycles. The third kappa shape index (κ3) is 2.27. The maximum Gasteiger partial charge on any atom is 0.0590 e. The van der Waals surface area contributed by atoms with Gasteiger partial charge in [0.05, 0.1) is 6.10 Å². The second kappa shape index (κ2) is 4.60. The van der Waals surface area contributed by atoms with E-state index in [1.54, 1.807) is 0 Å². The van der Waals surface area contributed by atoms with E-state index in [0.717, 1.165) is 38.6 Å². The van der Waals surface area contributed by atoms with Crippen LogP contribution >= 0.6 is 0 Å². The van der Waals surface area contributed by atoms with Crippen molar-refractivity contribution in [2.24, 2.45) is 5.92 Å². The monoisotopic (exact) mass is 198 g/mol. The lowest BCUT2D eigenvalue weighted by Crippen LogP contribution is -2.50. The maximum atomic E-state index is 9.65. The molecule has 0 unspecified atom stereocenters. The lowest BCUT2D eigenvalue weighted by atomic mass is 9.93. The highest BCUT2D eigenvalue weighted by atomic mass is 16.3. The number of nitrogens with zero attached hydrogens (tertiary/aromatic N) is 1. The Morgan fingerprint density at radius 3 is 2.57 bits per heavy atom. The van der Waals surface area contributed by atoms with Crippen LogP contribution in [0, 0.1) is 5.92 Å². The van der Waals surface area contributed by atoms with E-state index in [0.29, 0.717) is 5.92 Å². The van der Waals surface area contributed by atoms with Crippen LogP contribution in [0.2, 0.25) is 0 Å². The molecule has 2 saturated heterocycles. The Bertz CT molecular complexity index is 180. The number of piperidine rings is 2. The van der Waals surface area contributed by atoms with E-state index in [9.17, 15) is 5.11 Å². The molecule has 3 heteroatoms. The van der Waals surface area contributed by atoms with Crippen LogP contribution in [0.4, 0.5) is 0 Å². The summed E-state index contributed by atoms with van der Waals surface area (Å²) >= 11 is 0. The lowest BCUT2D eigenvalue weighted by Gasteiger charge is -2.41. The summed E-state index contributed by atoms with van der Waals surface area (Å²) in [4.78, 5) is 2.58. The van der Waals surface area contributed by atoms with Gasteiger partial charge in [0.2, 0.25) is 0 Å². The predicted octanol–water partition coefficient (Wildman–Crippen LogP) is 0.441. The molecule has 0 amide bonds. The van der Waals surface area contributed by atoms with Crippen molar-refractivity contribution in [1.82, 2.24) is 10.2 Å². The molecule has 0 aromatic rings. The average Bonchev–Trinajstić information content (AvgIpc) is 2.23. The summed E-state index contributed by atoms with van der Waals surface area (Å²) in [6.45, 7) is 6.68. The van der Waals surface area contributed by atoms with Crippen molar-refractivity contribution in [3.63, 3.8) is 0 Å². The van der Waals surface area contributed by atoms with E-state index in [1.165, 1.54) is 12.8 Å². The number of aliphatic hydroxyl groups excluding tert-OH is 1. The van der Waals surface area contributed by atoms with Crippen LogP contribution in [0.25, 0.3) is 0 Å². The molecule has 0 aromatic heterocycles. The summed E-state index contributed by atoms with van der Waals surface area (Å²) in [6.07, 6.45) is 3.46. The Labute approximate surface area is 86.5 Å². The molecule has 2 heterocycles. The van der Waals surface area contributed by atoms with Gasteiger partial charge < -0.3 is 10.4 Å². The Morgan fingerprint density at radius 1 is 1.21 bits per heavy atom. The molecule has 0 bridgehead atoms. The normalized spacial score (nSPS) is 37.3. The number of rotatable bonds is 1. The van der Waals surface area contributed by atoms with E-state index < -0.39 is 0 Å². The minimum absolute atomic E-state index is 0.0621. The van der Waals surface area contributed by atoms with Crippen LogP contribution in [0.3, 0.4) is 0 Å². The van der Waals surface area contributed by atoms with E-state index in [2.05, 4.69) is 17.1 Å². The number of likely N-dealkylation sites (tertiary alicyclic amines) is 1. The Balaban J connectivity index is 1.85. The van der Waals surface area contributed by atoms with Gasteiger partial charge in [-0.2, -0.15) is 0 Å². The highest BCUT2D eigenvalue weighted by molar-refractivity contribution is 4.84. The topological polar surface area (TPSA) is 35.5 Å². The number of nitrogens with one attached hydrogen (secondary N) is 1. The van der Waals surface area contributed by atoms with Crippen LogP contribution in [0.15, 0.2) is 0 Å². The van der Waals surface area contributed by atoms with Crippen LogP contribution in [-0.4, -0.2) is 48.3 Å². The summed E-state index contributed by atoms with van der Waals surface area (Å²) < 4.78 is 0. The summed E-state index contributed by atoms with van der Waals surface area (Å²) in [7, 11) is 0. The Hall–Kier alpha value is -0.120. The molecule has 0 radical (unpaired) electrons. The number of hydrogen-bond acceptors (Lipinski definition) is 3. The van der Waals surface area contributed by atoms with Crippen molar-refractivity contribution in [3.05, 3.63) is 0 Å². The fourth-order valence-corrected chi connectivity index (χ4v) is 2.67. The molecule has 2 aliphatic heterocycles. The molecule has 2 N–H and O–H groups in total. The first kappa shape index (κ1) is 10.4. The highest BCUT2D eigenvalue weighted by Crippen LogP contribution is 2.21. The molecular weight excluding hydrogens is 176 g/mol. The first-order valence-corrected chi connectivity index (χ1v) is 5.90. The van der Waals surface area contributed by atoms with E-state index in [4.69, 9.17) is 0 Å². The number of hydrogen-bond donors (Lipinski definition) is 2. The van der Waals surface area contributed by atoms with Gasteiger partial charge in [-0.1, -0.05) is 6.92 Å². The minimum Gasteiger partial charge on any atom is -0.393 e. The van der Waals surface area contributed by atoms with Gasteiger partial charge >= 0.3 is 0 Å². The summed E-state index contributed by atoms with van der Waals surface area (Å²) in [5, 5.41) is 13.1. The smallest absolute Gasteiger partial charge is 0.0590 e. The van der Waals surface area contributed by atoms with Crippen LogP contribution < -0.4 is 5.32 Å². The molecule has 2 aliphatic rings. The summed E-state index contributed by atoms with van der Waals surface area (Å²) in [5.41, 5.74) is 0. The third-order valence-corrected chi connectivity index (χ3v) is 3.72. The van der Waals surface area contributed by atoms with Gasteiger partial charge in [0, 0.05) is 19.1 Å². The van der Waals surface area contributed by atoms with Crippen molar-refractivity contribution in [3.8, 4) is 0 Å². The summed E-state index contributed by atoms with van der Waals surface area (Å²) in [6, 6.07) is 0.770. The molecule has 2 rings (SSSR count). The van der Waals surface area contributed by atoms with Crippen LogP contribution in [0.5, 0.6) is 0 Å². The van der Waals surface area contributed by atoms with Crippen molar-refractivity contribution >= 4 is 0 Å². The predicted molar refractivity (Wildman–Crippen MR) is 57.3 cm³/mol. The second-order valence-electron chi connectivity index (χ2n) is 4.81. The standard InChI is InChI=1S/C11H22N2O/c1-9-8-13(7-4-11(9)14)10-2-5-12-6-3-10/h9-12,14H,2-8H2,1H3/t9-,11-/m0/s1. The quantitative estimate of drug-likeness (QED) is 0.642. The van der Waals surface area contributed by atoms with Crippen molar-refractivity contribution < 1.29 is 5.11 Å². The van der Waals surface area contributed by atoms with Gasteiger partial charge in [0.25, 0.3) is 0 Å². The molecular formula is C11H22N2O. The van der Waals surface area contributed by atoms with Gasteiger partial charge in [-0.05, 0) is 38.3 Å². The minimum atomic E-state index is -0.0621.